The van der Waals surface area contributed by atoms with E-state index in [2.05, 4.69) is 22.4 Å². The molecule has 0 saturated heterocycles. The fourth-order valence-corrected chi connectivity index (χ4v) is 2.83. The van der Waals surface area contributed by atoms with Crippen LogP contribution in [0.15, 0.2) is 18.2 Å². The van der Waals surface area contributed by atoms with E-state index in [0.717, 1.165) is 12.1 Å². The first-order valence-corrected chi connectivity index (χ1v) is 6.77. The Morgan fingerprint density at radius 2 is 2.21 bits per heavy atom. The molecule has 1 saturated carbocycles. The number of nitrogens with two attached hydrogens (primary N) is 1. The van der Waals surface area contributed by atoms with E-state index in [1.165, 1.54) is 19.3 Å². The third kappa shape index (κ3) is 2.18. The van der Waals surface area contributed by atoms with Gasteiger partial charge in [0.15, 0.2) is 5.82 Å². The second-order valence-electron chi connectivity index (χ2n) is 5.53. The fraction of sp³-hybridized carbons (Fsp3) is 0.462. The zero-order valence-electron chi connectivity index (χ0n) is 10.8. The van der Waals surface area contributed by atoms with Crippen molar-refractivity contribution in [1.82, 2.24) is 20.2 Å². The van der Waals surface area contributed by atoms with Gasteiger partial charge >= 0.3 is 0 Å². The standard InChI is InChI=1S/C13H16ClN5/c1-13(6-3-7-13)8-19-12(16-17-18-19)11-9(14)4-2-5-10(11)15/h2,4-5H,3,6-8,15H2,1H3. The van der Waals surface area contributed by atoms with Crippen LogP contribution in [0.1, 0.15) is 26.2 Å². The van der Waals surface area contributed by atoms with Crippen LogP contribution in [0.4, 0.5) is 5.69 Å². The molecular formula is C13H16ClN5. The van der Waals surface area contributed by atoms with E-state index in [4.69, 9.17) is 17.3 Å². The van der Waals surface area contributed by atoms with Crippen LogP contribution < -0.4 is 5.73 Å². The molecule has 1 aromatic carbocycles. The number of tetrazole rings is 1. The molecule has 1 fully saturated rings. The minimum absolute atomic E-state index is 0.292. The van der Waals surface area contributed by atoms with Gasteiger partial charge in [-0.25, -0.2) is 4.68 Å². The minimum Gasteiger partial charge on any atom is -0.398 e. The van der Waals surface area contributed by atoms with Gasteiger partial charge in [-0.15, -0.1) is 5.10 Å². The summed E-state index contributed by atoms with van der Waals surface area (Å²) in [4.78, 5) is 0. The topological polar surface area (TPSA) is 69.6 Å². The van der Waals surface area contributed by atoms with Crippen molar-refractivity contribution in [3.05, 3.63) is 23.2 Å². The van der Waals surface area contributed by atoms with Crippen molar-refractivity contribution in [1.29, 1.82) is 0 Å². The molecule has 0 aliphatic heterocycles. The predicted molar refractivity (Wildman–Crippen MR) is 74.6 cm³/mol. The van der Waals surface area contributed by atoms with Crippen molar-refractivity contribution in [2.45, 2.75) is 32.7 Å². The van der Waals surface area contributed by atoms with E-state index in [0.29, 0.717) is 21.9 Å². The van der Waals surface area contributed by atoms with E-state index >= 15 is 0 Å². The van der Waals surface area contributed by atoms with Gasteiger partial charge in [0, 0.05) is 5.69 Å². The Labute approximate surface area is 116 Å². The molecule has 19 heavy (non-hydrogen) atoms. The molecule has 1 aliphatic rings. The normalized spacial score (nSPS) is 17.2. The number of nitrogens with zero attached hydrogens (tertiary/aromatic N) is 4. The Morgan fingerprint density at radius 3 is 2.84 bits per heavy atom. The Balaban J connectivity index is 2.00. The second kappa shape index (κ2) is 4.49. The predicted octanol–water partition coefficient (Wildman–Crippen LogP) is 2.77. The zero-order valence-corrected chi connectivity index (χ0v) is 11.6. The summed E-state index contributed by atoms with van der Waals surface area (Å²) in [7, 11) is 0. The Kier molecular flexibility index (Phi) is 2.93. The molecule has 0 bridgehead atoms. The molecule has 6 heteroatoms. The van der Waals surface area contributed by atoms with Crippen molar-refractivity contribution in [2.24, 2.45) is 5.41 Å². The molecule has 1 aromatic heterocycles. The number of anilines is 1. The lowest BCUT2D eigenvalue weighted by Gasteiger charge is -2.38. The molecule has 1 aliphatic carbocycles. The molecule has 0 radical (unpaired) electrons. The van der Waals surface area contributed by atoms with Crippen molar-refractivity contribution >= 4 is 17.3 Å². The Hall–Kier alpha value is -1.62. The summed E-state index contributed by atoms with van der Waals surface area (Å²) in [5.74, 6) is 0.649. The van der Waals surface area contributed by atoms with Crippen LogP contribution in [0.2, 0.25) is 5.02 Å². The summed E-state index contributed by atoms with van der Waals surface area (Å²) in [6.07, 6.45) is 3.71. The zero-order chi connectivity index (χ0) is 13.5. The van der Waals surface area contributed by atoms with E-state index in [1.807, 2.05) is 16.8 Å². The number of aromatic nitrogens is 4. The number of benzene rings is 1. The highest BCUT2D eigenvalue weighted by atomic mass is 35.5. The lowest BCUT2D eigenvalue weighted by atomic mass is 9.70. The summed E-state index contributed by atoms with van der Waals surface area (Å²) < 4.78 is 1.82. The molecule has 100 valence electrons. The van der Waals surface area contributed by atoms with Gasteiger partial charge in [0.2, 0.25) is 0 Å². The van der Waals surface area contributed by atoms with Crippen LogP contribution in [-0.2, 0) is 6.54 Å². The summed E-state index contributed by atoms with van der Waals surface area (Å²) >= 11 is 6.22. The van der Waals surface area contributed by atoms with Gasteiger partial charge in [0.1, 0.15) is 0 Å². The largest absolute Gasteiger partial charge is 0.398 e. The van der Waals surface area contributed by atoms with E-state index in [9.17, 15) is 0 Å². The quantitative estimate of drug-likeness (QED) is 0.876. The lowest BCUT2D eigenvalue weighted by molar-refractivity contribution is 0.126. The van der Waals surface area contributed by atoms with Gasteiger partial charge in [0.05, 0.1) is 17.1 Å². The van der Waals surface area contributed by atoms with Gasteiger partial charge < -0.3 is 5.73 Å². The molecule has 0 spiro atoms. The molecule has 2 N–H and O–H groups in total. The molecule has 3 rings (SSSR count). The molecule has 5 nitrogen and oxygen atoms in total. The number of hydrogen-bond donors (Lipinski definition) is 1. The first-order chi connectivity index (χ1) is 9.09. The van der Waals surface area contributed by atoms with Gasteiger partial charge in [-0.05, 0) is 40.8 Å². The third-order valence-corrected chi connectivity index (χ3v) is 4.21. The molecular weight excluding hydrogens is 262 g/mol. The van der Waals surface area contributed by atoms with Crippen LogP contribution in [0, 0.1) is 5.41 Å². The van der Waals surface area contributed by atoms with Crippen LogP contribution >= 0.6 is 11.6 Å². The molecule has 0 unspecified atom stereocenters. The highest BCUT2D eigenvalue weighted by molar-refractivity contribution is 6.33. The number of halogens is 1. The summed E-state index contributed by atoms with van der Waals surface area (Å²) in [6, 6.07) is 5.44. The molecule has 0 amide bonds. The molecule has 2 aromatic rings. The van der Waals surface area contributed by atoms with Crippen molar-refractivity contribution < 1.29 is 0 Å². The van der Waals surface area contributed by atoms with Crippen molar-refractivity contribution in [3.63, 3.8) is 0 Å². The first-order valence-electron chi connectivity index (χ1n) is 6.40. The van der Waals surface area contributed by atoms with Gasteiger partial charge in [-0.3, -0.25) is 0 Å². The SMILES string of the molecule is CC1(Cn2nnnc2-c2c(N)cccc2Cl)CCC1. The van der Waals surface area contributed by atoms with E-state index < -0.39 is 0 Å². The highest BCUT2D eigenvalue weighted by Gasteiger charge is 2.33. The van der Waals surface area contributed by atoms with E-state index in [-0.39, 0.29) is 0 Å². The summed E-state index contributed by atoms with van der Waals surface area (Å²) in [5, 5.41) is 12.5. The van der Waals surface area contributed by atoms with Crippen LogP contribution in [0.5, 0.6) is 0 Å². The highest BCUT2D eigenvalue weighted by Crippen LogP contribution is 2.42. The van der Waals surface area contributed by atoms with Crippen molar-refractivity contribution in [3.8, 4) is 11.4 Å². The number of hydrogen-bond acceptors (Lipinski definition) is 4. The second-order valence-corrected chi connectivity index (χ2v) is 5.94. The monoisotopic (exact) mass is 277 g/mol. The average molecular weight is 278 g/mol. The van der Waals surface area contributed by atoms with E-state index in [1.54, 1.807) is 6.07 Å². The smallest absolute Gasteiger partial charge is 0.185 e. The summed E-state index contributed by atoms with van der Waals surface area (Å²) in [6.45, 7) is 3.07. The third-order valence-electron chi connectivity index (χ3n) is 3.89. The van der Waals surface area contributed by atoms with Crippen molar-refractivity contribution in [2.75, 3.05) is 5.73 Å². The van der Waals surface area contributed by atoms with Crippen LogP contribution in [0.3, 0.4) is 0 Å². The average Bonchev–Trinajstić information content (AvgIpc) is 2.75. The van der Waals surface area contributed by atoms with Crippen LogP contribution in [-0.4, -0.2) is 20.2 Å². The molecule has 1 heterocycles. The summed E-state index contributed by atoms with van der Waals surface area (Å²) in [5.41, 5.74) is 7.61. The van der Waals surface area contributed by atoms with Gasteiger partial charge in [0.25, 0.3) is 0 Å². The number of rotatable bonds is 3. The Morgan fingerprint density at radius 1 is 1.42 bits per heavy atom. The lowest BCUT2D eigenvalue weighted by Crippen LogP contribution is -2.31. The fourth-order valence-electron chi connectivity index (χ4n) is 2.57. The van der Waals surface area contributed by atoms with Crippen LogP contribution in [0.25, 0.3) is 11.4 Å². The van der Waals surface area contributed by atoms with Gasteiger partial charge in [-0.2, -0.15) is 0 Å². The van der Waals surface area contributed by atoms with Gasteiger partial charge in [-0.1, -0.05) is 31.0 Å². The Bertz CT molecular complexity index is 583. The minimum atomic E-state index is 0.292. The maximum atomic E-state index is 6.22. The molecule has 0 atom stereocenters. The first kappa shape index (κ1) is 12.4. The number of nitrogen functional groups attached to an aromatic ring is 1. The maximum Gasteiger partial charge on any atom is 0.185 e. The maximum absolute atomic E-state index is 6.22.